The second-order valence-corrected chi connectivity index (χ2v) is 8.46. The van der Waals surface area contributed by atoms with Gasteiger partial charge in [0, 0.05) is 17.2 Å². The van der Waals surface area contributed by atoms with E-state index in [1.165, 1.54) is 12.3 Å². The Kier molecular flexibility index (Phi) is 6.44. The van der Waals surface area contributed by atoms with Crippen LogP contribution in [0.3, 0.4) is 0 Å². The highest BCUT2D eigenvalue weighted by Crippen LogP contribution is 2.24. The molecule has 0 aliphatic carbocycles. The summed E-state index contributed by atoms with van der Waals surface area (Å²) in [4.78, 5) is 3.84. The van der Waals surface area contributed by atoms with Crippen LogP contribution in [0.2, 0.25) is 5.15 Å². The molecule has 0 fully saturated rings. The van der Waals surface area contributed by atoms with Gasteiger partial charge < -0.3 is 0 Å². The molecule has 0 atom stereocenters. The van der Waals surface area contributed by atoms with Crippen molar-refractivity contribution in [2.45, 2.75) is 32.6 Å². The first-order valence-corrected chi connectivity index (χ1v) is 9.11. The van der Waals surface area contributed by atoms with E-state index in [1.54, 1.807) is 0 Å². The zero-order valence-corrected chi connectivity index (χ0v) is 15.2. The summed E-state index contributed by atoms with van der Waals surface area (Å²) in [6.45, 7) is 8.75. The summed E-state index contributed by atoms with van der Waals surface area (Å²) in [7, 11) is -3.65. The number of sulfonamides is 1. The van der Waals surface area contributed by atoms with E-state index in [0.29, 0.717) is 22.9 Å². The van der Waals surface area contributed by atoms with Crippen molar-refractivity contribution in [3.8, 4) is 0 Å². The van der Waals surface area contributed by atoms with Gasteiger partial charge in [-0.2, -0.15) is 0 Å². The first-order valence-electron chi connectivity index (χ1n) is 6.46. The van der Waals surface area contributed by atoms with Crippen LogP contribution in [0.4, 0.5) is 0 Å². The average Bonchev–Trinajstić information content (AvgIpc) is 2.31. The molecule has 0 saturated heterocycles. The molecule has 20 heavy (non-hydrogen) atoms. The average molecular weight is 384 g/mol. The fourth-order valence-corrected chi connectivity index (χ4v) is 4.13. The molecule has 7 heteroatoms. The van der Waals surface area contributed by atoms with Gasteiger partial charge in [-0.05, 0) is 39.8 Å². The third-order valence-corrected chi connectivity index (χ3v) is 5.57. The summed E-state index contributed by atoms with van der Waals surface area (Å²) < 4.78 is 27.8. The van der Waals surface area contributed by atoms with E-state index in [-0.39, 0.29) is 16.0 Å². The molecule has 0 spiro atoms. The first-order chi connectivity index (χ1) is 9.15. The van der Waals surface area contributed by atoms with E-state index in [0.717, 1.165) is 0 Å². The summed E-state index contributed by atoms with van der Waals surface area (Å²) in [5, 5.41) is -0.0219. The molecule has 1 heterocycles. The monoisotopic (exact) mass is 382 g/mol. The lowest BCUT2D eigenvalue weighted by atomic mass is 9.86. The van der Waals surface area contributed by atoms with Crippen molar-refractivity contribution in [1.29, 1.82) is 0 Å². The lowest BCUT2D eigenvalue weighted by molar-refractivity contribution is 0.289. The van der Waals surface area contributed by atoms with Crippen LogP contribution in [0.1, 0.15) is 27.7 Å². The van der Waals surface area contributed by atoms with Gasteiger partial charge in [0.05, 0.1) is 0 Å². The number of nitrogens with one attached hydrogen (secondary N) is 1. The highest BCUT2D eigenvalue weighted by atomic mass is 79.9. The van der Waals surface area contributed by atoms with Crippen molar-refractivity contribution in [2.75, 3.05) is 6.54 Å². The van der Waals surface area contributed by atoms with Gasteiger partial charge in [0.2, 0.25) is 10.0 Å². The van der Waals surface area contributed by atoms with E-state index in [9.17, 15) is 8.42 Å². The highest BCUT2D eigenvalue weighted by Gasteiger charge is 2.23. The molecule has 4 nitrogen and oxygen atoms in total. The first kappa shape index (κ1) is 17.9. The molecular weight excluding hydrogens is 364 g/mol. The summed E-state index contributed by atoms with van der Waals surface area (Å²) in [5.74, 6) is 1.06. The molecule has 1 aromatic rings. The molecule has 1 aromatic heterocycles. The number of hydrogen-bond acceptors (Lipinski definition) is 3. The Morgan fingerprint density at radius 3 is 2.35 bits per heavy atom. The zero-order chi connectivity index (χ0) is 15.5. The minimum Gasteiger partial charge on any atom is -0.242 e. The van der Waals surface area contributed by atoms with Crippen molar-refractivity contribution < 1.29 is 8.42 Å². The second-order valence-electron chi connectivity index (χ2n) is 5.45. The predicted octanol–water partition coefficient (Wildman–Crippen LogP) is 3.70. The molecule has 114 valence electrons. The van der Waals surface area contributed by atoms with Gasteiger partial charge in [-0.3, -0.25) is 0 Å². The number of aromatic nitrogens is 1. The number of nitrogens with zero attached hydrogens (tertiary/aromatic N) is 1. The van der Waals surface area contributed by atoms with E-state index >= 15 is 0 Å². The predicted molar refractivity (Wildman–Crippen MR) is 85.3 cm³/mol. The van der Waals surface area contributed by atoms with E-state index in [2.05, 4.69) is 53.3 Å². The van der Waals surface area contributed by atoms with Gasteiger partial charge in [-0.1, -0.05) is 39.3 Å². The van der Waals surface area contributed by atoms with Crippen LogP contribution in [-0.4, -0.2) is 19.9 Å². The molecule has 0 aliphatic heterocycles. The third-order valence-electron chi connectivity index (χ3n) is 3.28. The minimum atomic E-state index is -3.65. The van der Waals surface area contributed by atoms with Gasteiger partial charge in [-0.25, -0.2) is 18.1 Å². The fourth-order valence-electron chi connectivity index (χ4n) is 2.12. The maximum absolute atomic E-state index is 12.3. The maximum atomic E-state index is 12.3. The van der Waals surface area contributed by atoms with Crippen LogP contribution in [0, 0.1) is 17.8 Å². The van der Waals surface area contributed by atoms with Gasteiger partial charge in [0.25, 0.3) is 0 Å². The van der Waals surface area contributed by atoms with E-state index in [1.807, 2.05) is 0 Å². The smallest absolute Gasteiger partial charge is 0.242 e. The summed E-state index contributed by atoms with van der Waals surface area (Å²) >= 11 is 9.07. The molecular formula is C13H20BrClN2O2S. The van der Waals surface area contributed by atoms with Crippen molar-refractivity contribution >= 4 is 37.6 Å². The fraction of sp³-hybridized carbons (Fsp3) is 0.615. The molecule has 0 aromatic carbocycles. The van der Waals surface area contributed by atoms with Crippen LogP contribution in [-0.2, 0) is 10.0 Å². The Morgan fingerprint density at radius 2 is 1.85 bits per heavy atom. The Morgan fingerprint density at radius 1 is 1.30 bits per heavy atom. The molecule has 0 amide bonds. The summed E-state index contributed by atoms with van der Waals surface area (Å²) in [6.07, 6.45) is 1.46. The summed E-state index contributed by atoms with van der Waals surface area (Å²) in [6, 6.07) is 1.46. The minimum absolute atomic E-state index is 0.000182. The van der Waals surface area contributed by atoms with E-state index in [4.69, 9.17) is 11.6 Å². The van der Waals surface area contributed by atoms with Gasteiger partial charge in [0.15, 0.2) is 0 Å². The van der Waals surface area contributed by atoms with Crippen molar-refractivity contribution in [3.05, 3.63) is 21.9 Å². The number of rotatable bonds is 6. The van der Waals surface area contributed by atoms with Crippen molar-refractivity contribution in [1.82, 2.24) is 9.71 Å². The Labute approximate surface area is 134 Å². The van der Waals surface area contributed by atoms with Gasteiger partial charge in [-0.15, -0.1) is 0 Å². The maximum Gasteiger partial charge on any atom is 0.243 e. The molecule has 0 unspecified atom stereocenters. The van der Waals surface area contributed by atoms with Gasteiger partial charge >= 0.3 is 0 Å². The second kappa shape index (κ2) is 7.20. The molecule has 0 aliphatic rings. The highest BCUT2D eigenvalue weighted by molar-refractivity contribution is 9.10. The van der Waals surface area contributed by atoms with Crippen molar-refractivity contribution in [3.63, 3.8) is 0 Å². The lowest BCUT2D eigenvalue weighted by Crippen LogP contribution is -2.34. The van der Waals surface area contributed by atoms with Crippen LogP contribution in [0.25, 0.3) is 0 Å². The normalized spacial score (nSPS) is 12.7. The molecule has 0 radical (unpaired) electrons. The number of hydrogen-bond donors (Lipinski definition) is 1. The Balaban J connectivity index is 2.93. The molecule has 1 rings (SSSR count). The van der Waals surface area contributed by atoms with Crippen LogP contribution >= 0.6 is 27.5 Å². The van der Waals surface area contributed by atoms with Crippen LogP contribution in [0.5, 0.6) is 0 Å². The molecule has 1 N–H and O–H groups in total. The zero-order valence-electron chi connectivity index (χ0n) is 12.0. The number of halogens is 2. The third kappa shape index (κ3) is 4.69. The van der Waals surface area contributed by atoms with Crippen LogP contribution < -0.4 is 4.72 Å². The van der Waals surface area contributed by atoms with Gasteiger partial charge in [0.1, 0.15) is 10.0 Å². The molecule has 0 saturated carbocycles. The SMILES string of the molecule is CC(C)C(CNS(=O)(=O)c1cc(Br)cnc1Cl)C(C)C. The van der Waals surface area contributed by atoms with Crippen molar-refractivity contribution in [2.24, 2.45) is 17.8 Å². The Bertz CT molecular complexity index is 553. The summed E-state index contributed by atoms with van der Waals surface area (Å²) in [5.41, 5.74) is 0. The van der Waals surface area contributed by atoms with Crippen LogP contribution in [0.15, 0.2) is 21.6 Å². The molecule has 0 bridgehead atoms. The Hall–Kier alpha value is -0.170. The standard InChI is InChI=1S/C13H20BrClN2O2S/c1-8(2)11(9(3)4)7-17-20(18,19)12-5-10(14)6-16-13(12)15/h5-6,8-9,11,17H,7H2,1-4H3. The number of pyridine rings is 1. The van der Waals surface area contributed by atoms with E-state index < -0.39 is 10.0 Å². The quantitative estimate of drug-likeness (QED) is 0.762. The largest absolute Gasteiger partial charge is 0.243 e. The lowest BCUT2D eigenvalue weighted by Gasteiger charge is -2.25. The topological polar surface area (TPSA) is 59.1 Å².